The maximum absolute atomic E-state index is 13.7. The lowest BCUT2D eigenvalue weighted by Crippen LogP contribution is -2.23. The number of carbonyl (C=O) groups is 2. The van der Waals surface area contributed by atoms with Gasteiger partial charge < -0.3 is 30.0 Å². The number of thiophene rings is 1. The summed E-state index contributed by atoms with van der Waals surface area (Å²) in [6.45, 7) is 1.79. The number of nitrogens with one attached hydrogen (secondary N) is 1. The number of nitrogens with zero attached hydrogens (tertiary/aromatic N) is 1. The third-order valence-corrected chi connectivity index (χ3v) is 6.98. The summed E-state index contributed by atoms with van der Waals surface area (Å²) in [5, 5.41) is 3.92. The fourth-order valence-corrected chi connectivity index (χ4v) is 5.39. The van der Waals surface area contributed by atoms with Gasteiger partial charge in [0.05, 0.1) is 44.7 Å². The number of fused-ring (bicyclic) bond motifs is 1. The van der Waals surface area contributed by atoms with Gasteiger partial charge >= 0.3 is 5.97 Å². The van der Waals surface area contributed by atoms with Gasteiger partial charge in [0.15, 0.2) is 11.5 Å². The van der Waals surface area contributed by atoms with Crippen molar-refractivity contribution in [2.45, 2.75) is 12.8 Å². The Hall–Kier alpha value is -4.05. The van der Waals surface area contributed by atoms with E-state index in [0.29, 0.717) is 49.5 Å². The molecule has 0 saturated carbocycles. The van der Waals surface area contributed by atoms with Crippen LogP contribution < -0.4 is 25.3 Å². The number of nitrogen functional groups attached to an aromatic ring is 1. The van der Waals surface area contributed by atoms with E-state index in [4.69, 9.17) is 24.7 Å². The second-order valence-electron chi connectivity index (χ2n) is 7.70. The molecule has 0 aliphatic carbocycles. The van der Waals surface area contributed by atoms with E-state index in [2.05, 4.69) is 10.3 Å². The lowest BCUT2D eigenvalue weighted by atomic mass is 9.82. The van der Waals surface area contributed by atoms with Crippen LogP contribution in [0.1, 0.15) is 39.2 Å². The summed E-state index contributed by atoms with van der Waals surface area (Å²) in [7, 11) is 5.79. The molecule has 1 atom stereocenters. The molecule has 0 spiro atoms. The topological polar surface area (TPSA) is 122 Å². The molecule has 0 amide bonds. The highest BCUT2D eigenvalue weighted by Crippen LogP contribution is 2.51. The zero-order valence-corrected chi connectivity index (χ0v) is 20.7. The Morgan fingerprint density at radius 2 is 1.66 bits per heavy atom. The summed E-state index contributed by atoms with van der Waals surface area (Å²) >= 11 is 1.22. The number of anilines is 2. The summed E-state index contributed by atoms with van der Waals surface area (Å²) in [5.41, 5.74) is 9.70. The number of aromatic nitrogens is 1. The van der Waals surface area contributed by atoms with E-state index in [1.54, 1.807) is 31.5 Å². The van der Waals surface area contributed by atoms with Crippen molar-refractivity contribution < 1.29 is 28.5 Å². The monoisotopic (exact) mass is 495 g/mol. The van der Waals surface area contributed by atoms with Crippen molar-refractivity contribution in [1.82, 2.24) is 4.98 Å². The molecular formula is C25H25N3O6S. The SMILES string of the molecule is COC(=O)C1=C(C)Nc2sc(C(=O)c3cc(OC)c(OC)c(OC)c3)c(N)c2C1c1ccncc1. The van der Waals surface area contributed by atoms with Crippen LogP contribution in [0.25, 0.3) is 0 Å². The minimum Gasteiger partial charge on any atom is -0.493 e. The Bertz CT molecular complexity index is 1310. The van der Waals surface area contributed by atoms with Crippen LogP contribution in [-0.4, -0.2) is 45.2 Å². The van der Waals surface area contributed by atoms with Gasteiger partial charge in [0.1, 0.15) is 4.88 Å². The lowest BCUT2D eigenvalue weighted by molar-refractivity contribution is -0.136. The van der Waals surface area contributed by atoms with E-state index < -0.39 is 11.9 Å². The van der Waals surface area contributed by atoms with Crippen molar-refractivity contribution in [1.29, 1.82) is 0 Å². The van der Waals surface area contributed by atoms with E-state index in [1.807, 2.05) is 12.1 Å². The van der Waals surface area contributed by atoms with Gasteiger partial charge in [-0.1, -0.05) is 0 Å². The minimum atomic E-state index is -0.528. The molecule has 4 rings (SSSR count). The van der Waals surface area contributed by atoms with Gasteiger partial charge in [-0.3, -0.25) is 9.78 Å². The van der Waals surface area contributed by atoms with Gasteiger partial charge in [-0.15, -0.1) is 11.3 Å². The molecule has 35 heavy (non-hydrogen) atoms. The summed E-state index contributed by atoms with van der Waals surface area (Å²) < 4.78 is 21.2. The molecule has 0 radical (unpaired) electrons. The first-order valence-electron chi connectivity index (χ1n) is 10.6. The summed E-state index contributed by atoms with van der Waals surface area (Å²) in [4.78, 5) is 30.8. The Morgan fingerprint density at radius 3 is 2.20 bits per heavy atom. The smallest absolute Gasteiger partial charge is 0.336 e. The van der Waals surface area contributed by atoms with Gasteiger partial charge in [-0.25, -0.2) is 4.79 Å². The van der Waals surface area contributed by atoms with Crippen molar-refractivity contribution in [2.24, 2.45) is 0 Å². The van der Waals surface area contributed by atoms with Crippen molar-refractivity contribution in [3.05, 3.63) is 69.5 Å². The number of methoxy groups -OCH3 is 4. The van der Waals surface area contributed by atoms with E-state index in [9.17, 15) is 9.59 Å². The molecule has 3 aromatic rings. The molecule has 182 valence electrons. The number of nitrogens with two attached hydrogens (primary N) is 1. The summed E-state index contributed by atoms with van der Waals surface area (Å²) in [6.07, 6.45) is 3.29. The number of carbonyl (C=O) groups excluding carboxylic acids is 2. The van der Waals surface area contributed by atoms with Gasteiger partial charge in [-0.2, -0.15) is 0 Å². The van der Waals surface area contributed by atoms with Crippen LogP contribution in [0, 0.1) is 0 Å². The minimum absolute atomic E-state index is 0.284. The standard InChI is InChI=1S/C25H25N3O6S/c1-12-17(25(30)34-5)18(13-6-8-27-9-7-13)19-20(26)23(35-24(19)28-12)21(29)14-10-15(31-2)22(33-4)16(11-14)32-3/h6-11,18,28H,26H2,1-5H3. The molecule has 0 fully saturated rings. The van der Waals surface area contributed by atoms with Crippen LogP contribution in [0.4, 0.5) is 10.7 Å². The molecule has 3 heterocycles. The van der Waals surface area contributed by atoms with Gasteiger partial charge in [-0.05, 0) is 36.8 Å². The number of ether oxygens (including phenoxy) is 4. The van der Waals surface area contributed by atoms with Crippen LogP contribution in [-0.2, 0) is 9.53 Å². The summed E-state index contributed by atoms with van der Waals surface area (Å²) in [5.74, 6) is -0.229. The van der Waals surface area contributed by atoms with Crippen LogP contribution >= 0.6 is 11.3 Å². The van der Waals surface area contributed by atoms with Gasteiger partial charge in [0, 0.05) is 35.1 Å². The Morgan fingerprint density at radius 1 is 1.03 bits per heavy atom. The average molecular weight is 496 g/mol. The number of ketones is 1. The Balaban J connectivity index is 1.87. The molecule has 1 unspecified atom stereocenters. The lowest BCUT2D eigenvalue weighted by Gasteiger charge is -2.28. The highest BCUT2D eigenvalue weighted by molar-refractivity contribution is 7.19. The quantitative estimate of drug-likeness (QED) is 0.370. The van der Waals surface area contributed by atoms with E-state index in [1.165, 1.54) is 39.8 Å². The predicted molar refractivity (Wildman–Crippen MR) is 133 cm³/mol. The first kappa shape index (κ1) is 24.1. The average Bonchev–Trinajstić information content (AvgIpc) is 3.21. The van der Waals surface area contributed by atoms with Gasteiger partial charge in [0.2, 0.25) is 11.5 Å². The number of rotatable bonds is 7. The zero-order chi connectivity index (χ0) is 25.3. The van der Waals surface area contributed by atoms with E-state index in [-0.39, 0.29) is 11.5 Å². The van der Waals surface area contributed by atoms with Crippen LogP contribution in [0.3, 0.4) is 0 Å². The van der Waals surface area contributed by atoms with E-state index >= 15 is 0 Å². The predicted octanol–water partition coefficient (Wildman–Crippen LogP) is 3.99. The Labute approximate surface area is 206 Å². The van der Waals surface area contributed by atoms with Crippen LogP contribution in [0.5, 0.6) is 17.2 Å². The van der Waals surface area contributed by atoms with Gasteiger partial charge in [0.25, 0.3) is 0 Å². The number of pyridine rings is 1. The highest BCUT2D eigenvalue weighted by atomic mass is 32.1. The fraction of sp³-hybridized carbons (Fsp3) is 0.240. The van der Waals surface area contributed by atoms with Crippen molar-refractivity contribution in [3.63, 3.8) is 0 Å². The second kappa shape index (κ2) is 9.67. The molecular weight excluding hydrogens is 470 g/mol. The fourth-order valence-electron chi connectivity index (χ4n) is 4.22. The third-order valence-electron chi connectivity index (χ3n) is 5.84. The van der Waals surface area contributed by atoms with Crippen molar-refractivity contribution in [3.8, 4) is 17.2 Å². The number of hydrogen-bond donors (Lipinski definition) is 2. The van der Waals surface area contributed by atoms with Crippen molar-refractivity contribution >= 4 is 33.8 Å². The molecule has 1 aliphatic rings. The van der Waals surface area contributed by atoms with E-state index in [0.717, 1.165) is 5.56 Å². The summed E-state index contributed by atoms with van der Waals surface area (Å²) in [6, 6.07) is 6.79. The van der Waals surface area contributed by atoms with Crippen LogP contribution in [0.15, 0.2) is 47.9 Å². The Kier molecular flexibility index (Phi) is 6.65. The number of benzene rings is 1. The van der Waals surface area contributed by atoms with Crippen molar-refractivity contribution in [2.75, 3.05) is 39.5 Å². The van der Waals surface area contributed by atoms with Crippen LogP contribution in [0.2, 0.25) is 0 Å². The second-order valence-corrected chi connectivity index (χ2v) is 8.72. The maximum Gasteiger partial charge on any atom is 0.336 e. The molecule has 9 nitrogen and oxygen atoms in total. The molecule has 0 bridgehead atoms. The molecule has 10 heteroatoms. The molecule has 1 aromatic carbocycles. The zero-order valence-electron chi connectivity index (χ0n) is 19.9. The number of esters is 1. The number of allylic oxidation sites excluding steroid dienone is 1. The third kappa shape index (κ3) is 4.06. The first-order valence-corrected chi connectivity index (χ1v) is 11.4. The normalized spacial score (nSPS) is 14.6. The molecule has 2 aromatic heterocycles. The first-order chi connectivity index (χ1) is 16.9. The highest BCUT2D eigenvalue weighted by Gasteiger charge is 2.38. The largest absolute Gasteiger partial charge is 0.493 e. The number of hydrogen-bond acceptors (Lipinski definition) is 10. The molecule has 1 aliphatic heterocycles. The maximum atomic E-state index is 13.7. The molecule has 0 saturated heterocycles. The molecule has 3 N–H and O–H groups in total.